The van der Waals surface area contributed by atoms with Crippen molar-refractivity contribution >= 4 is 17.2 Å². The molecule has 0 aliphatic carbocycles. The maximum Gasteiger partial charge on any atom is 0.270 e. The van der Waals surface area contributed by atoms with Gasteiger partial charge in [-0.2, -0.15) is 0 Å². The topological polar surface area (TPSA) is 54.9 Å². The third kappa shape index (κ3) is 2.92. The number of nitrogens with one attached hydrogen (secondary N) is 1. The molecule has 2 aromatic heterocycles. The van der Waals surface area contributed by atoms with Gasteiger partial charge in [0.15, 0.2) is 0 Å². The summed E-state index contributed by atoms with van der Waals surface area (Å²) >= 11 is 1.45. The molecule has 1 atom stereocenters. The Kier molecular flexibility index (Phi) is 4.04. The second kappa shape index (κ2) is 5.73. The van der Waals surface area contributed by atoms with Gasteiger partial charge in [-0.15, -0.1) is 11.3 Å². The fourth-order valence-corrected chi connectivity index (χ4v) is 2.19. The van der Waals surface area contributed by atoms with Crippen LogP contribution in [0.3, 0.4) is 0 Å². The van der Waals surface area contributed by atoms with Gasteiger partial charge in [-0.1, -0.05) is 6.92 Å². The van der Waals surface area contributed by atoms with Gasteiger partial charge in [0.1, 0.15) is 10.7 Å². The van der Waals surface area contributed by atoms with Crippen LogP contribution >= 0.6 is 11.3 Å². The Morgan fingerprint density at radius 1 is 1.56 bits per heavy atom. The zero-order valence-electron chi connectivity index (χ0n) is 10.4. The molecule has 1 N–H and O–H groups in total. The first-order valence-electron chi connectivity index (χ1n) is 5.87. The first kappa shape index (κ1) is 12.7. The highest BCUT2D eigenvalue weighted by atomic mass is 32.1. The standard InChI is InChI=1S/C13H15N3OS/c1-3-9(2)15-12(17)11-8-18-13(16-11)10-5-4-6-14-7-10/h4-9H,3H2,1-2H3,(H,15,17)/t9-/m1/s1. The minimum atomic E-state index is -0.115. The smallest absolute Gasteiger partial charge is 0.270 e. The molecule has 0 bridgehead atoms. The third-order valence-corrected chi connectivity index (χ3v) is 3.53. The lowest BCUT2D eigenvalue weighted by atomic mass is 10.2. The van der Waals surface area contributed by atoms with Crippen molar-refractivity contribution in [3.63, 3.8) is 0 Å². The molecule has 0 spiro atoms. The molecule has 1 amide bonds. The van der Waals surface area contributed by atoms with E-state index in [1.165, 1.54) is 11.3 Å². The molecular weight excluding hydrogens is 246 g/mol. The molecule has 18 heavy (non-hydrogen) atoms. The van der Waals surface area contributed by atoms with Crippen LogP contribution in [-0.4, -0.2) is 21.9 Å². The summed E-state index contributed by atoms with van der Waals surface area (Å²) in [5, 5.41) is 5.50. The van der Waals surface area contributed by atoms with Crippen LogP contribution in [0.15, 0.2) is 29.9 Å². The van der Waals surface area contributed by atoms with Crippen molar-refractivity contribution in [1.82, 2.24) is 15.3 Å². The average Bonchev–Trinajstić information content (AvgIpc) is 2.89. The van der Waals surface area contributed by atoms with Gasteiger partial charge in [0.05, 0.1) is 0 Å². The number of pyridine rings is 1. The van der Waals surface area contributed by atoms with E-state index in [0.29, 0.717) is 5.69 Å². The molecule has 94 valence electrons. The Balaban J connectivity index is 2.13. The molecule has 0 fully saturated rings. The fourth-order valence-electron chi connectivity index (χ4n) is 1.40. The Bertz CT molecular complexity index is 524. The van der Waals surface area contributed by atoms with E-state index < -0.39 is 0 Å². The van der Waals surface area contributed by atoms with Crippen LogP contribution in [-0.2, 0) is 0 Å². The van der Waals surface area contributed by atoms with Gasteiger partial charge in [0.2, 0.25) is 0 Å². The van der Waals surface area contributed by atoms with Crippen LogP contribution in [0.4, 0.5) is 0 Å². The molecule has 2 aromatic rings. The van der Waals surface area contributed by atoms with Gasteiger partial charge in [-0.3, -0.25) is 9.78 Å². The molecule has 0 saturated heterocycles. The Morgan fingerprint density at radius 3 is 3.06 bits per heavy atom. The number of hydrogen-bond donors (Lipinski definition) is 1. The van der Waals surface area contributed by atoms with Gasteiger partial charge in [-0.25, -0.2) is 4.98 Å². The monoisotopic (exact) mass is 261 g/mol. The second-order valence-electron chi connectivity index (χ2n) is 4.06. The molecular formula is C13H15N3OS. The number of rotatable bonds is 4. The zero-order valence-corrected chi connectivity index (χ0v) is 11.2. The molecule has 0 aliphatic rings. The molecule has 4 nitrogen and oxygen atoms in total. The number of aromatic nitrogens is 2. The van der Waals surface area contributed by atoms with E-state index in [4.69, 9.17) is 0 Å². The number of hydrogen-bond acceptors (Lipinski definition) is 4. The van der Waals surface area contributed by atoms with E-state index in [-0.39, 0.29) is 11.9 Å². The number of amides is 1. The highest BCUT2D eigenvalue weighted by Crippen LogP contribution is 2.22. The molecule has 0 saturated carbocycles. The van der Waals surface area contributed by atoms with Crippen molar-refractivity contribution in [2.24, 2.45) is 0 Å². The van der Waals surface area contributed by atoms with E-state index >= 15 is 0 Å². The summed E-state index contributed by atoms with van der Waals surface area (Å²) in [7, 11) is 0. The van der Waals surface area contributed by atoms with Crippen LogP contribution in [0.1, 0.15) is 30.8 Å². The predicted octanol–water partition coefficient (Wildman–Crippen LogP) is 2.73. The highest BCUT2D eigenvalue weighted by molar-refractivity contribution is 7.13. The number of nitrogens with zero attached hydrogens (tertiary/aromatic N) is 2. The Labute approximate surface area is 110 Å². The highest BCUT2D eigenvalue weighted by Gasteiger charge is 2.13. The third-order valence-electron chi connectivity index (χ3n) is 2.64. The fraction of sp³-hybridized carbons (Fsp3) is 0.308. The van der Waals surface area contributed by atoms with Gasteiger partial charge in [0, 0.05) is 29.4 Å². The number of carbonyl (C=O) groups is 1. The van der Waals surface area contributed by atoms with Gasteiger partial charge in [-0.05, 0) is 25.5 Å². The van der Waals surface area contributed by atoms with Crippen molar-refractivity contribution in [2.75, 3.05) is 0 Å². The van der Waals surface area contributed by atoms with Crippen molar-refractivity contribution in [2.45, 2.75) is 26.3 Å². The Morgan fingerprint density at radius 2 is 2.39 bits per heavy atom. The summed E-state index contributed by atoms with van der Waals surface area (Å²) in [5.41, 5.74) is 1.41. The first-order valence-corrected chi connectivity index (χ1v) is 6.75. The number of carbonyl (C=O) groups excluding carboxylic acids is 1. The summed E-state index contributed by atoms with van der Waals surface area (Å²) in [6, 6.07) is 3.96. The van der Waals surface area contributed by atoms with E-state index in [1.54, 1.807) is 17.8 Å². The lowest BCUT2D eigenvalue weighted by Gasteiger charge is -2.09. The second-order valence-corrected chi connectivity index (χ2v) is 4.92. The largest absolute Gasteiger partial charge is 0.348 e. The summed E-state index contributed by atoms with van der Waals surface area (Å²) < 4.78 is 0. The van der Waals surface area contributed by atoms with Crippen LogP contribution in [0.2, 0.25) is 0 Å². The van der Waals surface area contributed by atoms with E-state index in [2.05, 4.69) is 15.3 Å². The van der Waals surface area contributed by atoms with Gasteiger partial charge >= 0.3 is 0 Å². The SMILES string of the molecule is CC[C@@H](C)NC(=O)c1csc(-c2cccnc2)n1. The van der Waals surface area contributed by atoms with Crippen molar-refractivity contribution in [3.8, 4) is 10.6 Å². The summed E-state index contributed by atoms with van der Waals surface area (Å²) in [4.78, 5) is 20.3. The molecule has 5 heteroatoms. The van der Waals surface area contributed by atoms with E-state index in [0.717, 1.165) is 17.0 Å². The average molecular weight is 261 g/mol. The summed E-state index contributed by atoms with van der Waals surface area (Å²) in [6.45, 7) is 4.01. The van der Waals surface area contributed by atoms with Crippen molar-refractivity contribution in [3.05, 3.63) is 35.6 Å². The van der Waals surface area contributed by atoms with Crippen molar-refractivity contribution in [1.29, 1.82) is 0 Å². The van der Waals surface area contributed by atoms with Crippen LogP contribution in [0.25, 0.3) is 10.6 Å². The molecule has 0 radical (unpaired) electrons. The lowest BCUT2D eigenvalue weighted by molar-refractivity contribution is 0.0935. The first-order chi connectivity index (χ1) is 8.70. The molecule has 0 unspecified atom stereocenters. The predicted molar refractivity (Wildman–Crippen MR) is 72.6 cm³/mol. The van der Waals surface area contributed by atoms with Crippen molar-refractivity contribution < 1.29 is 4.79 Å². The summed E-state index contributed by atoms with van der Waals surface area (Å²) in [6.07, 6.45) is 4.37. The normalized spacial score (nSPS) is 12.1. The quantitative estimate of drug-likeness (QED) is 0.920. The minimum Gasteiger partial charge on any atom is -0.348 e. The Hall–Kier alpha value is -1.75. The van der Waals surface area contributed by atoms with E-state index in [1.807, 2.05) is 26.0 Å². The van der Waals surface area contributed by atoms with Crippen LogP contribution in [0, 0.1) is 0 Å². The maximum atomic E-state index is 11.9. The molecule has 0 aliphatic heterocycles. The van der Waals surface area contributed by atoms with Gasteiger partial charge < -0.3 is 5.32 Å². The summed E-state index contributed by atoms with van der Waals surface area (Å²) in [5.74, 6) is -0.115. The molecule has 2 heterocycles. The number of thiazole rings is 1. The maximum absolute atomic E-state index is 11.9. The zero-order chi connectivity index (χ0) is 13.0. The minimum absolute atomic E-state index is 0.115. The van der Waals surface area contributed by atoms with Gasteiger partial charge in [0.25, 0.3) is 5.91 Å². The lowest BCUT2D eigenvalue weighted by Crippen LogP contribution is -2.32. The van der Waals surface area contributed by atoms with Crippen LogP contribution in [0.5, 0.6) is 0 Å². The molecule has 2 rings (SSSR count). The molecule has 0 aromatic carbocycles. The van der Waals surface area contributed by atoms with Crippen LogP contribution < -0.4 is 5.32 Å². The van der Waals surface area contributed by atoms with E-state index in [9.17, 15) is 4.79 Å².